The largest absolute Gasteiger partial charge is 0.346 e. The molecule has 0 fully saturated rings. The highest BCUT2D eigenvalue weighted by Gasteiger charge is 2.19. The first-order valence-corrected chi connectivity index (χ1v) is 8.69. The van der Waals surface area contributed by atoms with Crippen molar-refractivity contribution in [2.24, 2.45) is 11.7 Å². The molecular weight excluding hydrogens is 401 g/mol. The molecule has 1 aromatic carbocycles. The molecule has 0 spiro atoms. The lowest BCUT2D eigenvalue weighted by Crippen LogP contribution is -2.47. The van der Waals surface area contributed by atoms with Crippen LogP contribution in [0.2, 0.25) is 0 Å². The van der Waals surface area contributed by atoms with E-state index in [-0.39, 0.29) is 49.1 Å². The molecule has 0 aliphatic rings. The molecule has 9 heteroatoms. The van der Waals surface area contributed by atoms with Crippen molar-refractivity contribution < 1.29 is 9.59 Å². The highest BCUT2D eigenvalue weighted by atomic mass is 35.5. The van der Waals surface area contributed by atoms with Crippen LogP contribution in [0.3, 0.4) is 0 Å². The lowest BCUT2D eigenvalue weighted by atomic mass is 10.1. The molecule has 0 saturated carbocycles. The van der Waals surface area contributed by atoms with Crippen molar-refractivity contribution in [3.05, 3.63) is 54.1 Å². The molecular formula is C19H29Cl2N5O2. The molecule has 2 aromatic rings. The number of amides is 2. The van der Waals surface area contributed by atoms with Crippen molar-refractivity contribution in [1.82, 2.24) is 19.8 Å². The van der Waals surface area contributed by atoms with Crippen LogP contribution in [-0.4, -0.2) is 45.9 Å². The maximum absolute atomic E-state index is 12.3. The molecule has 0 radical (unpaired) electrons. The molecule has 3 N–H and O–H groups in total. The Balaban J connectivity index is 0.00000364. The Hall–Kier alpha value is -2.09. The van der Waals surface area contributed by atoms with Gasteiger partial charge in [0.25, 0.3) is 0 Å². The number of hydrogen-bond acceptors (Lipinski definition) is 4. The second-order valence-electron chi connectivity index (χ2n) is 6.69. The van der Waals surface area contributed by atoms with E-state index in [0.29, 0.717) is 13.1 Å². The van der Waals surface area contributed by atoms with Crippen molar-refractivity contribution in [2.45, 2.75) is 33.0 Å². The number of carbonyl (C=O) groups is 2. The summed E-state index contributed by atoms with van der Waals surface area (Å²) in [5.74, 6) is 0.305. The summed E-state index contributed by atoms with van der Waals surface area (Å²) in [5, 5.41) is 2.60. The first-order valence-electron chi connectivity index (χ1n) is 8.69. The number of nitrogens with one attached hydrogen (secondary N) is 1. The minimum atomic E-state index is -0.613. The van der Waals surface area contributed by atoms with Gasteiger partial charge in [-0.25, -0.2) is 4.98 Å². The number of imidazole rings is 1. The summed E-state index contributed by atoms with van der Waals surface area (Å²) in [6, 6.07) is 9.44. The lowest BCUT2D eigenvalue weighted by Gasteiger charge is -2.20. The van der Waals surface area contributed by atoms with Crippen LogP contribution in [0.25, 0.3) is 0 Å². The summed E-state index contributed by atoms with van der Waals surface area (Å²) < 4.78 is 2.01. The van der Waals surface area contributed by atoms with Crippen LogP contribution in [0.1, 0.15) is 25.2 Å². The van der Waals surface area contributed by atoms with E-state index >= 15 is 0 Å². The Labute approximate surface area is 178 Å². The fourth-order valence-corrected chi connectivity index (χ4v) is 2.43. The quantitative estimate of drug-likeness (QED) is 0.669. The van der Waals surface area contributed by atoms with Crippen molar-refractivity contribution >= 4 is 36.6 Å². The van der Waals surface area contributed by atoms with Crippen LogP contribution in [0, 0.1) is 5.92 Å². The number of benzene rings is 1. The van der Waals surface area contributed by atoms with Gasteiger partial charge in [-0.05, 0) is 11.5 Å². The number of hydrogen-bond donors (Lipinski definition) is 2. The molecule has 1 atom stereocenters. The van der Waals surface area contributed by atoms with E-state index in [2.05, 4.69) is 10.3 Å². The number of halogens is 2. The molecule has 0 saturated heterocycles. The Morgan fingerprint density at radius 1 is 1.21 bits per heavy atom. The molecule has 0 bridgehead atoms. The van der Waals surface area contributed by atoms with E-state index in [4.69, 9.17) is 5.73 Å². The Kier molecular flexibility index (Phi) is 11.5. The van der Waals surface area contributed by atoms with E-state index in [1.165, 1.54) is 0 Å². The molecule has 2 amide bonds. The van der Waals surface area contributed by atoms with Crippen LogP contribution in [0.4, 0.5) is 0 Å². The van der Waals surface area contributed by atoms with Gasteiger partial charge in [0.15, 0.2) is 0 Å². The number of nitrogens with two attached hydrogens (primary N) is 1. The van der Waals surface area contributed by atoms with Gasteiger partial charge in [-0.15, -0.1) is 24.8 Å². The summed E-state index contributed by atoms with van der Waals surface area (Å²) in [7, 11) is 1.69. The Morgan fingerprint density at radius 3 is 2.46 bits per heavy atom. The van der Waals surface area contributed by atoms with Gasteiger partial charge in [0.05, 0.1) is 19.1 Å². The van der Waals surface area contributed by atoms with Gasteiger partial charge in [-0.1, -0.05) is 44.2 Å². The molecule has 156 valence electrons. The third-order valence-corrected chi connectivity index (χ3v) is 4.24. The average Bonchev–Trinajstić information content (AvgIpc) is 3.06. The van der Waals surface area contributed by atoms with Gasteiger partial charge in [0.1, 0.15) is 5.82 Å². The van der Waals surface area contributed by atoms with Gasteiger partial charge in [-0.3, -0.25) is 9.59 Å². The van der Waals surface area contributed by atoms with Crippen LogP contribution < -0.4 is 11.1 Å². The molecule has 28 heavy (non-hydrogen) atoms. The summed E-state index contributed by atoms with van der Waals surface area (Å²) in [4.78, 5) is 30.0. The highest BCUT2D eigenvalue weighted by Crippen LogP contribution is 2.07. The maximum Gasteiger partial charge on any atom is 0.242 e. The SMILES string of the molecule is CC(C)[C@H](N)C(=O)NCC(=O)N(C)Cc1nccn1Cc1ccccc1.Cl.Cl. The van der Waals surface area contributed by atoms with Gasteiger partial charge in [0.2, 0.25) is 11.8 Å². The predicted octanol–water partition coefficient (Wildman–Crippen LogP) is 1.83. The molecule has 2 rings (SSSR count). The maximum atomic E-state index is 12.3. The molecule has 0 aliphatic heterocycles. The summed E-state index contributed by atoms with van der Waals surface area (Å²) in [6.07, 6.45) is 3.62. The van der Waals surface area contributed by atoms with Gasteiger partial charge in [0, 0.05) is 26.0 Å². The zero-order valence-electron chi connectivity index (χ0n) is 16.4. The second kappa shape index (κ2) is 12.4. The fourth-order valence-electron chi connectivity index (χ4n) is 2.43. The van der Waals surface area contributed by atoms with E-state index in [1.54, 1.807) is 18.1 Å². The summed E-state index contributed by atoms with van der Waals surface area (Å²) >= 11 is 0. The monoisotopic (exact) mass is 429 g/mol. The van der Waals surface area contributed by atoms with E-state index in [9.17, 15) is 9.59 Å². The number of likely N-dealkylation sites (N-methyl/N-ethyl adjacent to an activating group) is 1. The van der Waals surface area contributed by atoms with Gasteiger partial charge < -0.3 is 20.5 Å². The van der Waals surface area contributed by atoms with Crippen molar-refractivity contribution in [3.8, 4) is 0 Å². The molecule has 0 aliphatic carbocycles. The number of nitrogens with zero attached hydrogens (tertiary/aromatic N) is 3. The number of carbonyl (C=O) groups excluding carboxylic acids is 2. The normalized spacial score (nSPS) is 11.2. The van der Waals surface area contributed by atoms with Crippen molar-refractivity contribution in [2.75, 3.05) is 13.6 Å². The van der Waals surface area contributed by atoms with Crippen molar-refractivity contribution in [3.63, 3.8) is 0 Å². The molecule has 1 heterocycles. The lowest BCUT2D eigenvalue weighted by molar-refractivity contribution is -0.132. The zero-order valence-corrected chi connectivity index (χ0v) is 18.0. The van der Waals surface area contributed by atoms with E-state index < -0.39 is 6.04 Å². The number of aromatic nitrogens is 2. The standard InChI is InChI=1S/C19H27N5O2.2ClH/c1-14(2)18(20)19(26)22-11-17(25)23(3)13-16-21-9-10-24(16)12-15-7-5-4-6-8-15;;/h4-10,14,18H,11-13,20H2,1-3H3,(H,22,26);2*1H/t18-;;/m0../s1. The number of rotatable bonds is 8. The molecule has 1 aromatic heterocycles. The van der Waals surface area contributed by atoms with Crippen LogP contribution in [0.5, 0.6) is 0 Å². The van der Waals surface area contributed by atoms with E-state index in [1.807, 2.05) is 54.9 Å². The third-order valence-electron chi connectivity index (χ3n) is 4.24. The van der Waals surface area contributed by atoms with E-state index in [0.717, 1.165) is 11.4 Å². The first kappa shape index (κ1) is 25.9. The third kappa shape index (κ3) is 7.50. The first-order chi connectivity index (χ1) is 12.4. The predicted molar refractivity (Wildman–Crippen MR) is 115 cm³/mol. The van der Waals surface area contributed by atoms with Crippen LogP contribution >= 0.6 is 24.8 Å². The summed E-state index contributed by atoms with van der Waals surface area (Å²) in [6.45, 7) is 4.72. The topological polar surface area (TPSA) is 93.2 Å². The smallest absolute Gasteiger partial charge is 0.242 e. The minimum absolute atomic E-state index is 0. The van der Waals surface area contributed by atoms with Gasteiger partial charge in [-0.2, -0.15) is 0 Å². The fraction of sp³-hybridized carbons (Fsp3) is 0.421. The van der Waals surface area contributed by atoms with Crippen LogP contribution in [0.15, 0.2) is 42.7 Å². The Morgan fingerprint density at radius 2 is 1.86 bits per heavy atom. The van der Waals surface area contributed by atoms with Gasteiger partial charge >= 0.3 is 0 Å². The van der Waals surface area contributed by atoms with Crippen molar-refractivity contribution in [1.29, 1.82) is 0 Å². The minimum Gasteiger partial charge on any atom is -0.346 e. The average molecular weight is 430 g/mol. The zero-order chi connectivity index (χ0) is 19.1. The Bertz CT molecular complexity index is 737. The summed E-state index contributed by atoms with van der Waals surface area (Å²) in [5.41, 5.74) is 6.94. The van der Waals surface area contributed by atoms with Crippen LogP contribution in [-0.2, 0) is 22.7 Å². The second-order valence-corrected chi connectivity index (χ2v) is 6.69. The molecule has 0 unspecified atom stereocenters. The molecule has 7 nitrogen and oxygen atoms in total. The highest BCUT2D eigenvalue weighted by molar-refractivity contribution is 5.87.